The van der Waals surface area contributed by atoms with Gasteiger partial charge in [-0.2, -0.15) is 5.10 Å². The molecule has 0 aromatic carbocycles. The number of pyridine rings is 1. The van der Waals surface area contributed by atoms with E-state index in [9.17, 15) is 4.79 Å². The lowest BCUT2D eigenvalue weighted by Crippen LogP contribution is -2.37. The lowest BCUT2D eigenvalue weighted by molar-refractivity contribution is -0.115. The molecule has 1 saturated heterocycles. The predicted octanol–water partition coefficient (Wildman–Crippen LogP) is 0.768. The SMILES string of the molecule is COc1ccc(N/N=C2/CCCNC2=O)cn1. The number of hydrogen-bond acceptors (Lipinski definition) is 5. The van der Waals surface area contributed by atoms with E-state index in [-0.39, 0.29) is 5.91 Å². The van der Waals surface area contributed by atoms with Crippen molar-refractivity contribution in [3.63, 3.8) is 0 Å². The lowest BCUT2D eigenvalue weighted by atomic mass is 10.1. The maximum atomic E-state index is 11.4. The largest absolute Gasteiger partial charge is 0.481 e. The zero-order valence-corrected chi connectivity index (χ0v) is 9.56. The van der Waals surface area contributed by atoms with Crippen LogP contribution in [-0.2, 0) is 4.79 Å². The molecule has 1 aromatic heterocycles. The smallest absolute Gasteiger partial charge is 0.267 e. The number of ether oxygens (including phenoxy) is 1. The van der Waals surface area contributed by atoms with Gasteiger partial charge in [-0.3, -0.25) is 10.2 Å². The topological polar surface area (TPSA) is 75.6 Å². The average molecular weight is 234 g/mol. The first-order valence-corrected chi connectivity index (χ1v) is 5.40. The summed E-state index contributed by atoms with van der Waals surface area (Å²) < 4.78 is 4.94. The van der Waals surface area contributed by atoms with E-state index in [4.69, 9.17) is 4.74 Å². The van der Waals surface area contributed by atoms with Crippen molar-refractivity contribution in [2.75, 3.05) is 19.1 Å². The molecule has 1 aliphatic rings. The van der Waals surface area contributed by atoms with Crippen LogP contribution >= 0.6 is 0 Å². The Balaban J connectivity index is 2.00. The molecule has 0 aliphatic carbocycles. The molecule has 0 saturated carbocycles. The lowest BCUT2D eigenvalue weighted by Gasteiger charge is -2.13. The first kappa shape index (κ1) is 11.4. The second-order valence-corrected chi connectivity index (χ2v) is 3.62. The minimum absolute atomic E-state index is 0.106. The number of carbonyl (C=O) groups is 1. The normalized spacial score (nSPS) is 17.7. The van der Waals surface area contributed by atoms with Crippen molar-refractivity contribution in [2.45, 2.75) is 12.8 Å². The molecule has 6 heteroatoms. The molecule has 1 aromatic rings. The van der Waals surface area contributed by atoms with Crippen molar-refractivity contribution in [2.24, 2.45) is 5.10 Å². The molecule has 1 fully saturated rings. The van der Waals surface area contributed by atoms with Crippen LogP contribution in [0.25, 0.3) is 0 Å². The summed E-state index contributed by atoms with van der Waals surface area (Å²) in [4.78, 5) is 15.4. The fourth-order valence-corrected chi connectivity index (χ4v) is 1.48. The number of nitrogens with zero attached hydrogens (tertiary/aromatic N) is 2. The van der Waals surface area contributed by atoms with Crippen LogP contribution in [0.5, 0.6) is 5.88 Å². The Hall–Kier alpha value is -2.11. The van der Waals surface area contributed by atoms with Gasteiger partial charge in [-0.1, -0.05) is 0 Å². The Morgan fingerprint density at radius 3 is 3.06 bits per heavy atom. The second kappa shape index (κ2) is 5.29. The summed E-state index contributed by atoms with van der Waals surface area (Å²) in [5, 5.41) is 6.81. The minimum atomic E-state index is -0.106. The third kappa shape index (κ3) is 2.93. The highest BCUT2D eigenvalue weighted by molar-refractivity contribution is 6.39. The van der Waals surface area contributed by atoms with Gasteiger partial charge in [0.15, 0.2) is 0 Å². The number of carbonyl (C=O) groups excluding carboxylic acids is 1. The zero-order valence-electron chi connectivity index (χ0n) is 9.56. The van der Waals surface area contributed by atoms with Crippen molar-refractivity contribution in [1.29, 1.82) is 0 Å². The van der Waals surface area contributed by atoms with Crippen molar-refractivity contribution in [3.05, 3.63) is 18.3 Å². The van der Waals surface area contributed by atoms with Gasteiger partial charge in [0, 0.05) is 12.6 Å². The van der Waals surface area contributed by atoms with Crippen LogP contribution in [0, 0.1) is 0 Å². The Bertz CT molecular complexity index is 428. The Kier molecular flexibility index (Phi) is 3.54. The van der Waals surface area contributed by atoms with Crippen LogP contribution in [0.2, 0.25) is 0 Å². The van der Waals surface area contributed by atoms with E-state index in [1.807, 2.05) is 0 Å². The van der Waals surface area contributed by atoms with Gasteiger partial charge in [-0.15, -0.1) is 0 Å². The molecule has 0 unspecified atom stereocenters. The molecule has 1 aliphatic heterocycles. The van der Waals surface area contributed by atoms with Gasteiger partial charge >= 0.3 is 0 Å². The number of piperidine rings is 1. The molecule has 1 amide bonds. The number of rotatable bonds is 3. The summed E-state index contributed by atoms with van der Waals surface area (Å²) in [5.41, 5.74) is 4.04. The van der Waals surface area contributed by atoms with E-state index in [1.54, 1.807) is 25.4 Å². The molecule has 2 N–H and O–H groups in total. The maximum absolute atomic E-state index is 11.4. The molecule has 2 rings (SSSR count). The summed E-state index contributed by atoms with van der Waals surface area (Å²) >= 11 is 0. The number of amides is 1. The van der Waals surface area contributed by atoms with Gasteiger partial charge in [-0.25, -0.2) is 4.98 Å². The third-order valence-corrected chi connectivity index (χ3v) is 2.40. The number of anilines is 1. The number of nitrogens with one attached hydrogen (secondary N) is 2. The highest BCUT2D eigenvalue weighted by atomic mass is 16.5. The summed E-state index contributed by atoms with van der Waals surface area (Å²) in [6.07, 6.45) is 3.22. The maximum Gasteiger partial charge on any atom is 0.267 e. The first-order valence-electron chi connectivity index (χ1n) is 5.40. The first-order chi connectivity index (χ1) is 8.29. The highest BCUT2D eigenvalue weighted by Gasteiger charge is 2.15. The summed E-state index contributed by atoms with van der Waals surface area (Å²) in [7, 11) is 1.56. The van der Waals surface area contributed by atoms with Crippen LogP contribution in [-0.4, -0.2) is 30.3 Å². The Morgan fingerprint density at radius 2 is 2.41 bits per heavy atom. The molecule has 2 heterocycles. The monoisotopic (exact) mass is 234 g/mol. The van der Waals surface area contributed by atoms with Crippen molar-refractivity contribution in [3.8, 4) is 5.88 Å². The zero-order chi connectivity index (χ0) is 12.1. The molecule has 0 radical (unpaired) electrons. The molecular formula is C11H14N4O2. The predicted molar refractivity (Wildman–Crippen MR) is 64.1 cm³/mol. The number of aromatic nitrogens is 1. The summed E-state index contributed by atoms with van der Waals surface area (Å²) in [6, 6.07) is 3.51. The minimum Gasteiger partial charge on any atom is -0.481 e. The number of hydrogen-bond donors (Lipinski definition) is 2. The Labute approximate surface area is 99.1 Å². The van der Waals surface area contributed by atoms with E-state index in [1.165, 1.54) is 0 Å². The molecular weight excluding hydrogens is 220 g/mol. The van der Waals surface area contributed by atoms with Gasteiger partial charge in [0.25, 0.3) is 5.91 Å². The molecule has 0 atom stereocenters. The van der Waals surface area contributed by atoms with Crippen LogP contribution in [0.1, 0.15) is 12.8 Å². The van der Waals surface area contributed by atoms with Gasteiger partial charge in [-0.05, 0) is 18.9 Å². The summed E-state index contributed by atoms with van der Waals surface area (Å²) in [5.74, 6) is 0.434. The fourth-order valence-electron chi connectivity index (χ4n) is 1.48. The van der Waals surface area contributed by atoms with E-state index < -0.39 is 0 Å². The average Bonchev–Trinajstić information content (AvgIpc) is 2.38. The van der Waals surface area contributed by atoms with Gasteiger partial charge in [0.1, 0.15) is 5.71 Å². The standard InChI is InChI=1S/C11H14N4O2/c1-17-10-5-4-8(7-13-10)14-15-9-3-2-6-12-11(9)16/h4-5,7,14H,2-3,6H2,1H3,(H,12,16)/b15-9-. The van der Waals surface area contributed by atoms with Crippen LogP contribution in [0.3, 0.4) is 0 Å². The van der Waals surface area contributed by atoms with Crippen molar-refractivity contribution in [1.82, 2.24) is 10.3 Å². The molecule has 6 nitrogen and oxygen atoms in total. The second-order valence-electron chi connectivity index (χ2n) is 3.62. The van der Waals surface area contributed by atoms with E-state index in [0.717, 1.165) is 18.7 Å². The number of methoxy groups -OCH3 is 1. The highest BCUT2D eigenvalue weighted by Crippen LogP contribution is 2.11. The van der Waals surface area contributed by atoms with E-state index in [0.29, 0.717) is 18.0 Å². The fraction of sp³-hybridized carbons (Fsp3) is 0.364. The summed E-state index contributed by atoms with van der Waals surface area (Å²) in [6.45, 7) is 0.724. The molecule has 17 heavy (non-hydrogen) atoms. The molecule has 90 valence electrons. The Morgan fingerprint density at radius 1 is 1.53 bits per heavy atom. The van der Waals surface area contributed by atoms with Crippen LogP contribution in [0.4, 0.5) is 5.69 Å². The quantitative estimate of drug-likeness (QED) is 0.757. The van der Waals surface area contributed by atoms with Gasteiger partial charge in [0.05, 0.1) is 19.0 Å². The third-order valence-electron chi connectivity index (χ3n) is 2.40. The van der Waals surface area contributed by atoms with Crippen LogP contribution in [0.15, 0.2) is 23.4 Å². The molecule has 0 spiro atoms. The molecule has 0 bridgehead atoms. The van der Waals surface area contributed by atoms with E-state index >= 15 is 0 Å². The van der Waals surface area contributed by atoms with E-state index in [2.05, 4.69) is 20.8 Å². The number of hydrazone groups is 1. The van der Waals surface area contributed by atoms with Crippen molar-refractivity contribution >= 4 is 17.3 Å². The van der Waals surface area contributed by atoms with Crippen LogP contribution < -0.4 is 15.5 Å². The van der Waals surface area contributed by atoms with Gasteiger partial charge < -0.3 is 10.1 Å². The van der Waals surface area contributed by atoms with Gasteiger partial charge in [0.2, 0.25) is 5.88 Å². The van der Waals surface area contributed by atoms with Crippen molar-refractivity contribution < 1.29 is 9.53 Å².